The summed E-state index contributed by atoms with van der Waals surface area (Å²) in [6, 6.07) is 0.416. The third-order valence-electron chi connectivity index (χ3n) is 2.41. The molecule has 15 heavy (non-hydrogen) atoms. The zero-order valence-electron chi connectivity index (χ0n) is 10.0. The van der Waals surface area contributed by atoms with Gasteiger partial charge in [0.1, 0.15) is 16.8 Å². The second kappa shape index (κ2) is 4.79. The van der Waals surface area contributed by atoms with Crippen molar-refractivity contribution in [3.05, 3.63) is 16.5 Å². The lowest BCUT2D eigenvalue weighted by Crippen LogP contribution is -2.32. The summed E-state index contributed by atoms with van der Waals surface area (Å²) in [5.74, 6) is 1.67. The molecule has 0 saturated heterocycles. The van der Waals surface area contributed by atoms with Gasteiger partial charge in [0.2, 0.25) is 0 Å². The maximum Gasteiger partial charge on any atom is 0.137 e. The van der Waals surface area contributed by atoms with Crippen LogP contribution in [-0.4, -0.2) is 22.6 Å². The summed E-state index contributed by atoms with van der Waals surface area (Å²) in [5.41, 5.74) is 0.956. The van der Waals surface area contributed by atoms with E-state index in [2.05, 4.69) is 35.6 Å². The lowest BCUT2D eigenvalue weighted by atomic mass is 10.2. The third-order valence-corrected chi connectivity index (χ3v) is 2.78. The Balaban J connectivity index is 3.22. The SMILES string of the molecule is CCN(c1nc(C)nc(Cl)c1C)C(C)C. The first-order valence-corrected chi connectivity index (χ1v) is 5.62. The highest BCUT2D eigenvalue weighted by atomic mass is 35.5. The maximum atomic E-state index is 6.05. The van der Waals surface area contributed by atoms with E-state index >= 15 is 0 Å². The Kier molecular flexibility index (Phi) is 3.91. The summed E-state index contributed by atoms with van der Waals surface area (Å²) in [6.07, 6.45) is 0. The summed E-state index contributed by atoms with van der Waals surface area (Å²) in [4.78, 5) is 10.8. The predicted molar refractivity (Wildman–Crippen MR) is 64.7 cm³/mol. The molecule has 0 aliphatic carbocycles. The van der Waals surface area contributed by atoms with Crippen LogP contribution in [0.2, 0.25) is 5.15 Å². The topological polar surface area (TPSA) is 29.0 Å². The van der Waals surface area contributed by atoms with E-state index in [9.17, 15) is 0 Å². The first-order chi connectivity index (χ1) is 6.97. The normalized spacial score (nSPS) is 10.9. The molecule has 1 heterocycles. The average molecular weight is 228 g/mol. The molecule has 0 spiro atoms. The van der Waals surface area contributed by atoms with Crippen LogP contribution in [-0.2, 0) is 0 Å². The number of nitrogens with zero attached hydrogens (tertiary/aromatic N) is 3. The summed E-state index contributed by atoms with van der Waals surface area (Å²) < 4.78 is 0. The van der Waals surface area contributed by atoms with Crippen molar-refractivity contribution in [1.82, 2.24) is 9.97 Å². The van der Waals surface area contributed by atoms with Crippen LogP contribution in [0.15, 0.2) is 0 Å². The molecule has 0 aromatic carbocycles. The monoisotopic (exact) mass is 227 g/mol. The number of rotatable bonds is 3. The van der Waals surface area contributed by atoms with Gasteiger partial charge in [-0.3, -0.25) is 0 Å². The molecule has 1 aromatic heterocycles. The molecule has 0 bridgehead atoms. The van der Waals surface area contributed by atoms with Crippen molar-refractivity contribution >= 4 is 17.4 Å². The van der Waals surface area contributed by atoms with E-state index in [0.717, 1.165) is 23.8 Å². The van der Waals surface area contributed by atoms with E-state index in [1.165, 1.54) is 0 Å². The van der Waals surface area contributed by atoms with E-state index in [1.807, 2.05) is 13.8 Å². The van der Waals surface area contributed by atoms with Crippen molar-refractivity contribution in [2.75, 3.05) is 11.4 Å². The number of aromatic nitrogens is 2. The van der Waals surface area contributed by atoms with Gasteiger partial charge in [-0.2, -0.15) is 0 Å². The minimum atomic E-state index is 0.416. The molecule has 0 atom stereocenters. The lowest BCUT2D eigenvalue weighted by molar-refractivity contribution is 0.687. The minimum Gasteiger partial charge on any atom is -0.354 e. The Hall–Kier alpha value is -0.830. The van der Waals surface area contributed by atoms with Crippen LogP contribution in [0.5, 0.6) is 0 Å². The van der Waals surface area contributed by atoms with Crippen LogP contribution in [0.25, 0.3) is 0 Å². The van der Waals surface area contributed by atoms with Gasteiger partial charge >= 0.3 is 0 Å². The fourth-order valence-corrected chi connectivity index (χ4v) is 1.83. The molecule has 84 valence electrons. The minimum absolute atomic E-state index is 0.416. The first-order valence-electron chi connectivity index (χ1n) is 5.24. The zero-order chi connectivity index (χ0) is 11.6. The van der Waals surface area contributed by atoms with Crippen molar-refractivity contribution in [3.63, 3.8) is 0 Å². The Labute approximate surface area is 96.5 Å². The summed E-state index contributed by atoms with van der Waals surface area (Å²) in [6.45, 7) is 11.2. The number of halogens is 1. The summed E-state index contributed by atoms with van der Waals surface area (Å²) in [5, 5.41) is 0.552. The molecular weight excluding hydrogens is 210 g/mol. The quantitative estimate of drug-likeness (QED) is 0.744. The second-order valence-electron chi connectivity index (χ2n) is 3.89. The Morgan fingerprint density at radius 1 is 1.27 bits per heavy atom. The van der Waals surface area contributed by atoms with Crippen LogP contribution >= 0.6 is 11.6 Å². The zero-order valence-corrected chi connectivity index (χ0v) is 10.8. The first kappa shape index (κ1) is 12.2. The van der Waals surface area contributed by atoms with Crippen LogP contribution in [0.3, 0.4) is 0 Å². The molecule has 0 radical (unpaired) electrons. The van der Waals surface area contributed by atoms with Crippen LogP contribution in [0.1, 0.15) is 32.2 Å². The van der Waals surface area contributed by atoms with Gasteiger partial charge in [0.25, 0.3) is 0 Å². The van der Waals surface area contributed by atoms with E-state index in [1.54, 1.807) is 0 Å². The Bertz CT molecular complexity index is 350. The van der Waals surface area contributed by atoms with E-state index in [0.29, 0.717) is 11.2 Å². The molecule has 4 heteroatoms. The fraction of sp³-hybridized carbons (Fsp3) is 0.636. The van der Waals surface area contributed by atoms with Gasteiger partial charge in [-0.25, -0.2) is 9.97 Å². The Morgan fingerprint density at radius 2 is 1.87 bits per heavy atom. The third kappa shape index (κ3) is 2.59. The smallest absolute Gasteiger partial charge is 0.137 e. The molecular formula is C11H18ClN3. The highest BCUT2D eigenvalue weighted by Gasteiger charge is 2.15. The van der Waals surface area contributed by atoms with Crippen LogP contribution in [0, 0.1) is 13.8 Å². The van der Waals surface area contributed by atoms with Gasteiger partial charge in [0.15, 0.2) is 0 Å². The van der Waals surface area contributed by atoms with Crippen molar-refractivity contribution in [1.29, 1.82) is 0 Å². The van der Waals surface area contributed by atoms with E-state index < -0.39 is 0 Å². The lowest BCUT2D eigenvalue weighted by Gasteiger charge is -2.28. The molecule has 0 N–H and O–H groups in total. The molecule has 0 aliphatic rings. The predicted octanol–water partition coefficient (Wildman–Crippen LogP) is 2.98. The molecule has 0 saturated carbocycles. The highest BCUT2D eigenvalue weighted by molar-refractivity contribution is 6.30. The molecule has 0 aliphatic heterocycles. The molecule has 3 nitrogen and oxygen atoms in total. The van der Waals surface area contributed by atoms with Gasteiger partial charge in [-0.1, -0.05) is 11.6 Å². The highest BCUT2D eigenvalue weighted by Crippen LogP contribution is 2.24. The van der Waals surface area contributed by atoms with Gasteiger partial charge in [0, 0.05) is 18.2 Å². The van der Waals surface area contributed by atoms with Crippen molar-refractivity contribution < 1.29 is 0 Å². The fourth-order valence-electron chi connectivity index (χ4n) is 1.62. The number of aryl methyl sites for hydroxylation is 1. The molecule has 0 fully saturated rings. The molecule has 0 unspecified atom stereocenters. The van der Waals surface area contributed by atoms with Crippen molar-refractivity contribution in [2.24, 2.45) is 0 Å². The van der Waals surface area contributed by atoms with Gasteiger partial charge in [-0.05, 0) is 34.6 Å². The second-order valence-corrected chi connectivity index (χ2v) is 4.25. The maximum absolute atomic E-state index is 6.05. The van der Waals surface area contributed by atoms with Crippen molar-refractivity contribution in [3.8, 4) is 0 Å². The Morgan fingerprint density at radius 3 is 2.33 bits per heavy atom. The van der Waals surface area contributed by atoms with Crippen LogP contribution in [0.4, 0.5) is 5.82 Å². The molecule has 0 amide bonds. The summed E-state index contributed by atoms with van der Waals surface area (Å²) >= 11 is 6.05. The van der Waals surface area contributed by atoms with Crippen molar-refractivity contribution in [2.45, 2.75) is 40.7 Å². The standard InChI is InChI=1S/C11H18ClN3/c1-6-15(7(2)3)11-8(4)10(12)13-9(5)14-11/h7H,6H2,1-5H3. The van der Waals surface area contributed by atoms with Gasteiger partial charge < -0.3 is 4.90 Å². The van der Waals surface area contributed by atoms with Crippen LogP contribution < -0.4 is 4.90 Å². The van der Waals surface area contributed by atoms with E-state index in [-0.39, 0.29) is 0 Å². The average Bonchev–Trinajstić information content (AvgIpc) is 2.13. The largest absolute Gasteiger partial charge is 0.354 e. The molecule has 1 aromatic rings. The number of hydrogen-bond donors (Lipinski definition) is 0. The van der Waals surface area contributed by atoms with Gasteiger partial charge in [-0.15, -0.1) is 0 Å². The van der Waals surface area contributed by atoms with Gasteiger partial charge in [0.05, 0.1) is 0 Å². The number of hydrogen-bond acceptors (Lipinski definition) is 3. The number of anilines is 1. The molecule has 1 rings (SSSR count). The van der Waals surface area contributed by atoms with E-state index in [4.69, 9.17) is 11.6 Å². The summed E-state index contributed by atoms with van der Waals surface area (Å²) in [7, 11) is 0.